The Morgan fingerprint density at radius 1 is 1.19 bits per heavy atom. The van der Waals surface area contributed by atoms with Crippen molar-refractivity contribution in [2.45, 2.75) is 26.8 Å². The van der Waals surface area contributed by atoms with Crippen LogP contribution in [-0.2, 0) is 4.79 Å². The number of amides is 1. The Kier molecular flexibility index (Phi) is 5.65. The maximum atomic E-state index is 12.3. The van der Waals surface area contributed by atoms with E-state index in [0.717, 1.165) is 23.6 Å². The molecule has 1 atom stereocenters. The van der Waals surface area contributed by atoms with Crippen molar-refractivity contribution in [3.63, 3.8) is 0 Å². The third-order valence-electron chi connectivity index (χ3n) is 3.92. The molecule has 1 amide bonds. The van der Waals surface area contributed by atoms with Gasteiger partial charge in [0, 0.05) is 42.1 Å². The molecule has 1 aromatic carbocycles. The van der Waals surface area contributed by atoms with Crippen LogP contribution in [0.2, 0.25) is 0 Å². The van der Waals surface area contributed by atoms with E-state index in [9.17, 15) is 4.79 Å². The van der Waals surface area contributed by atoms with Crippen LogP contribution in [0.4, 0.5) is 23.1 Å². The molecule has 2 aromatic heterocycles. The molecular formula is C19H23N7O. The SMILES string of the molecule is CCNc1nc(C)cc(Nc2ccc(NC(=O)C(C)n3cccn3)cc2)n1. The average Bonchev–Trinajstić information content (AvgIpc) is 3.17. The Hall–Kier alpha value is -3.42. The smallest absolute Gasteiger partial charge is 0.248 e. The van der Waals surface area contributed by atoms with Crippen molar-refractivity contribution in [2.75, 3.05) is 22.5 Å². The minimum Gasteiger partial charge on any atom is -0.354 e. The maximum Gasteiger partial charge on any atom is 0.248 e. The lowest BCUT2D eigenvalue weighted by Crippen LogP contribution is -2.23. The van der Waals surface area contributed by atoms with Crippen LogP contribution in [0.25, 0.3) is 0 Å². The first-order valence-electron chi connectivity index (χ1n) is 8.82. The molecule has 0 fully saturated rings. The summed E-state index contributed by atoms with van der Waals surface area (Å²) in [6, 6.07) is 10.7. The lowest BCUT2D eigenvalue weighted by atomic mass is 10.2. The summed E-state index contributed by atoms with van der Waals surface area (Å²) in [7, 11) is 0. The Balaban J connectivity index is 1.64. The number of nitrogens with one attached hydrogen (secondary N) is 3. The molecule has 27 heavy (non-hydrogen) atoms. The summed E-state index contributed by atoms with van der Waals surface area (Å²) in [6.07, 6.45) is 3.42. The fraction of sp³-hybridized carbons (Fsp3) is 0.263. The Labute approximate surface area is 158 Å². The second-order valence-electron chi connectivity index (χ2n) is 6.10. The number of rotatable bonds is 7. The standard InChI is InChI=1S/C19H23N7O/c1-4-20-19-22-13(2)12-17(25-19)23-15-6-8-16(9-7-15)24-18(27)14(3)26-11-5-10-21-26/h5-12,14H,4H2,1-3H3,(H,24,27)(H2,20,22,23,25). The van der Waals surface area contributed by atoms with E-state index < -0.39 is 0 Å². The van der Waals surface area contributed by atoms with Gasteiger partial charge < -0.3 is 16.0 Å². The van der Waals surface area contributed by atoms with E-state index in [1.807, 2.05) is 44.2 Å². The van der Waals surface area contributed by atoms with Crippen molar-refractivity contribution in [3.05, 3.63) is 54.5 Å². The molecule has 0 aliphatic rings. The van der Waals surface area contributed by atoms with E-state index in [1.165, 1.54) is 0 Å². The van der Waals surface area contributed by atoms with Gasteiger partial charge in [-0.3, -0.25) is 9.48 Å². The summed E-state index contributed by atoms with van der Waals surface area (Å²) in [5, 5.41) is 13.4. The van der Waals surface area contributed by atoms with Crippen LogP contribution < -0.4 is 16.0 Å². The van der Waals surface area contributed by atoms with Crippen molar-refractivity contribution >= 4 is 29.0 Å². The van der Waals surface area contributed by atoms with Crippen LogP contribution in [0.1, 0.15) is 25.6 Å². The van der Waals surface area contributed by atoms with Crippen molar-refractivity contribution in [3.8, 4) is 0 Å². The fourth-order valence-corrected chi connectivity index (χ4v) is 2.53. The molecule has 2 heterocycles. The highest BCUT2D eigenvalue weighted by Gasteiger charge is 2.14. The molecule has 0 bridgehead atoms. The van der Waals surface area contributed by atoms with Gasteiger partial charge in [0.25, 0.3) is 0 Å². The Morgan fingerprint density at radius 2 is 1.93 bits per heavy atom. The minimum absolute atomic E-state index is 0.124. The Morgan fingerprint density at radius 3 is 2.59 bits per heavy atom. The van der Waals surface area contributed by atoms with E-state index in [2.05, 4.69) is 31.0 Å². The number of anilines is 4. The molecule has 0 aliphatic heterocycles. The second-order valence-corrected chi connectivity index (χ2v) is 6.10. The quantitative estimate of drug-likeness (QED) is 0.594. The van der Waals surface area contributed by atoms with Gasteiger partial charge in [0.05, 0.1) is 0 Å². The van der Waals surface area contributed by atoms with E-state index in [-0.39, 0.29) is 11.9 Å². The first-order valence-corrected chi connectivity index (χ1v) is 8.82. The third-order valence-corrected chi connectivity index (χ3v) is 3.92. The summed E-state index contributed by atoms with van der Waals surface area (Å²) in [5.41, 5.74) is 2.46. The second kappa shape index (κ2) is 8.31. The number of aryl methyl sites for hydroxylation is 1. The molecule has 3 rings (SSSR count). The van der Waals surface area contributed by atoms with Gasteiger partial charge in [-0.05, 0) is 51.1 Å². The number of nitrogens with zero attached hydrogens (tertiary/aromatic N) is 4. The highest BCUT2D eigenvalue weighted by atomic mass is 16.2. The van der Waals surface area contributed by atoms with Crippen LogP contribution >= 0.6 is 0 Å². The lowest BCUT2D eigenvalue weighted by molar-refractivity contribution is -0.119. The normalized spacial score (nSPS) is 11.7. The van der Waals surface area contributed by atoms with Crippen LogP contribution in [-0.4, -0.2) is 32.2 Å². The molecule has 8 nitrogen and oxygen atoms in total. The highest BCUT2D eigenvalue weighted by molar-refractivity contribution is 5.93. The molecule has 3 N–H and O–H groups in total. The van der Waals surface area contributed by atoms with Crippen LogP contribution in [0, 0.1) is 6.92 Å². The van der Waals surface area contributed by atoms with Gasteiger partial charge in [0.15, 0.2) is 0 Å². The van der Waals surface area contributed by atoms with Crippen molar-refractivity contribution in [2.24, 2.45) is 0 Å². The molecule has 0 spiro atoms. The number of hydrogen-bond donors (Lipinski definition) is 3. The Bertz CT molecular complexity index is 891. The predicted octanol–water partition coefficient (Wildman–Crippen LogP) is 3.36. The summed E-state index contributed by atoms with van der Waals surface area (Å²) in [4.78, 5) is 21.1. The monoisotopic (exact) mass is 365 g/mol. The summed E-state index contributed by atoms with van der Waals surface area (Å²) in [6.45, 7) is 6.48. The molecule has 0 saturated carbocycles. The van der Waals surface area contributed by atoms with E-state index in [4.69, 9.17) is 0 Å². The summed E-state index contributed by atoms with van der Waals surface area (Å²) in [5.74, 6) is 1.18. The van der Waals surface area contributed by atoms with Crippen LogP contribution in [0.3, 0.4) is 0 Å². The fourth-order valence-electron chi connectivity index (χ4n) is 2.53. The average molecular weight is 365 g/mol. The van der Waals surface area contributed by atoms with E-state index in [0.29, 0.717) is 11.8 Å². The van der Waals surface area contributed by atoms with Crippen molar-refractivity contribution in [1.29, 1.82) is 0 Å². The van der Waals surface area contributed by atoms with Crippen molar-refractivity contribution in [1.82, 2.24) is 19.7 Å². The molecule has 0 aliphatic carbocycles. The lowest BCUT2D eigenvalue weighted by Gasteiger charge is -2.13. The molecule has 0 radical (unpaired) electrons. The van der Waals surface area contributed by atoms with E-state index >= 15 is 0 Å². The van der Waals surface area contributed by atoms with Crippen molar-refractivity contribution < 1.29 is 4.79 Å². The largest absolute Gasteiger partial charge is 0.354 e. The number of hydrogen-bond acceptors (Lipinski definition) is 6. The zero-order valence-electron chi connectivity index (χ0n) is 15.6. The van der Waals surface area contributed by atoms with Gasteiger partial charge in [-0.1, -0.05) is 0 Å². The predicted molar refractivity (Wildman–Crippen MR) is 106 cm³/mol. The molecular weight excluding hydrogens is 342 g/mol. The molecule has 8 heteroatoms. The van der Waals surface area contributed by atoms with Gasteiger partial charge in [0.2, 0.25) is 11.9 Å². The van der Waals surface area contributed by atoms with Gasteiger partial charge in [-0.15, -0.1) is 0 Å². The molecule has 0 saturated heterocycles. The first-order chi connectivity index (χ1) is 13.0. The van der Waals surface area contributed by atoms with Gasteiger partial charge >= 0.3 is 0 Å². The number of carbonyl (C=O) groups is 1. The highest BCUT2D eigenvalue weighted by Crippen LogP contribution is 2.20. The van der Waals surface area contributed by atoms with Crippen LogP contribution in [0.5, 0.6) is 0 Å². The molecule has 140 valence electrons. The first kappa shape index (κ1) is 18.4. The van der Waals surface area contributed by atoms with Gasteiger partial charge in [-0.2, -0.15) is 10.1 Å². The molecule has 1 unspecified atom stereocenters. The zero-order chi connectivity index (χ0) is 19.2. The number of benzene rings is 1. The summed E-state index contributed by atoms with van der Waals surface area (Å²) >= 11 is 0. The molecule has 3 aromatic rings. The number of aromatic nitrogens is 4. The van der Waals surface area contributed by atoms with Gasteiger partial charge in [0.1, 0.15) is 11.9 Å². The zero-order valence-corrected chi connectivity index (χ0v) is 15.6. The summed E-state index contributed by atoms with van der Waals surface area (Å²) < 4.78 is 1.62. The van der Waals surface area contributed by atoms with E-state index in [1.54, 1.807) is 30.1 Å². The minimum atomic E-state index is -0.383. The maximum absolute atomic E-state index is 12.3. The number of carbonyl (C=O) groups excluding carboxylic acids is 1. The van der Waals surface area contributed by atoms with Gasteiger partial charge in [-0.25, -0.2) is 4.98 Å². The topological polar surface area (TPSA) is 96.8 Å². The third kappa shape index (κ3) is 4.81. The van der Waals surface area contributed by atoms with Crippen LogP contribution in [0.15, 0.2) is 48.8 Å².